The van der Waals surface area contributed by atoms with Gasteiger partial charge < -0.3 is 4.98 Å². The van der Waals surface area contributed by atoms with Crippen LogP contribution in [0.4, 0.5) is 0 Å². The Kier molecular flexibility index (Phi) is 4.68. The maximum atomic E-state index is 12.8. The summed E-state index contributed by atoms with van der Waals surface area (Å²) in [5.74, 6) is 0. The molecule has 0 unspecified atom stereocenters. The molecule has 2 heterocycles. The Hall–Kier alpha value is -2.88. The Morgan fingerprint density at radius 1 is 1.26 bits per heavy atom. The first-order valence-electron chi connectivity index (χ1n) is 8.46. The van der Waals surface area contributed by atoms with Gasteiger partial charge in [0.1, 0.15) is 0 Å². The van der Waals surface area contributed by atoms with Gasteiger partial charge in [-0.15, -0.1) is 0 Å². The summed E-state index contributed by atoms with van der Waals surface area (Å²) in [4.78, 5) is 29.4. The topological polar surface area (TPSA) is 119 Å². The number of aromatic amines is 1. The fourth-order valence-electron chi connectivity index (χ4n) is 3.03. The number of aryl methyl sites for hydroxylation is 1. The molecule has 3 rings (SSSR count). The maximum Gasteiger partial charge on any atom is 0.348 e. The van der Waals surface area contributed by atoms with Crippen LogP contribution in [-0.4, -0.2) is 34.1 Å². The third kappa shape index (κ3) is 3.52. The smallest absolute Gasteiger partial charge is 0.305 e. The van der Waals surface area contributed by atoms with Crippen molar-refractivity contribution in [3.05, 3.63) is 50.8 Å². The van der Waals surface area contributed by atoms with Gasteiger partial charge in [-0.25, -0.2) is 18.0 Å². The molecule has 9 nitrogen and oxygen atoms in total. The number of fused-ring (bicyclic) bond motifs is 1. The van der Waals surface area contributed by atoms with Crippen molar-refractivity contribution in [3.63, 3.8) is 0 Å². The number of H-pyrrole nitrogens is 1. The Morgan fingerprint density at radius 3 is 2.56 bits per heavy atom. The van der Waals surface area contributed by atoms with E-state index in [9.17, 15) is 18.0 Å². The highest BCUT2D eigenvalue weighted by Gasteiger charge is 2.17. The zero-order chi connectivity index (χ0) is 19.9. The van der Waals surface area contributed by atoms with E-state index in [0.29, 0.717) is 16.6 Å². The third-order valence-corrected chi connectivity index (χ3v) is 4.71. The van der Waals surface area contributed by atoms with Crippen molar-refractivity contribution in [2.24, 2.45) is 0 Å². The van der Waals surface area contributed by atoms with E-state index in [-0.39, 0.29) is 11.4 Å². The van der Waals surface area contributed by atoms with E-state index in [4.69, 9.17) is 0 Å². The molecule has 0 fully saturated rings. The van der Waals surface area contributed by atoms with Crippen molar-refractivity contribution in [3.8, 4) is 11.3 Å². The Bertz CT molecular complexity index is 1230. The van der Waals surface area contributed by atoms with Crippen LogP contribution >= 0.6 is 0 Å². The van der Waals surface area contributed by atoms with Crippen LogP contribution in [0, 0.1) is 0 Å². The fourth-order valence-corrected chi connectivity index (χ4v) is 3.52. The van der Waals surface area contributed by atoms with Crippen molar-refractivity contribution in [2.45, 2.75) is 33.2 Å². The number of aromatic nitrogens is 4. The zero-order valence-corrected chi connectivity index (χ0v) is 16.3. The Morgan fingerprint density at radius 2 is 1.96 bits per heavy atom. The van der Waals surface area contributed by atoms with Gasteiger partial charge in [0.25, 0.3) is 5.56 Å². The van der Waals surface area contributed by atoms with Gasteiger partial charge in [0.2, 0.25) is 10.0 Å². The first-order valence-corrected chi connectivity index (χ1v) is 10.3. The SMILES string of the molecule is CCc1cc2[nH]c(=O)n(NS(C)(=O)=O)c(=O)c2cc1-c1ccnn1C(C)C. The predicted molar refractivity (Wildman–Crippen MR) is 104 cm³/mol. The molecule has 0 saturated heterocycles. The standard InChI is InChI=1S/C17H21N5O4S/c1-5-11-8-14-13(9-12(11)15-6-7-18-21(15)10(2)3)16(23)22(17(24)19-14)20-27(4,25)26/h6-10,20H,5H2,1-4H3,(H,19,24). The van der Waals surface area contributed by atoms with Crippen LogP contribution < -0.4 is 16.1 Å². The Balaban J connectivity index is 2.35. The summed E-state index contributed by atoms with van der Waals surface area (Å²) in [7, 11) is -3.80. The normalized spacial score (nSPS) is 12.0. The van der Waals surface area contributed by atoms with Crippen LogP contribution in [0.1, 0.15) is 32.4 Å². The van der Waals surface area contributed by atoms with E-state index in [1.807, 2.05) is 36.4 Å². The number of rotatable bonds is 5. The molecule has 0 radical (unpaired) electrons. The van der Waals surface area contributed by atoms with E-state index in [2.05, 4.69) is 10.1 Å². The minimum Gasteiger partial charge on any atom is -0.305 e. The summed E-state index contributed by atoms with van der Waals surface area (Å²) in [6.07, 6.45) is 3.24. The molecular formula is C17H21N5O4S. The molecule has 10 heteroatoms. The van der Waals surface area contributed by atoms with E-state index < -0.39 is 21.3 Å². The van der Waals surface area contributed by atoms with Gasteiger partial charge in [0.05, 0.1) is 22.9 Å². The molecule has 0 aliphatic rings. The van der Waals surface area contributed by atoms with Crippen molar-refractivity contribution in [1.82, 2.24) is 19.4 Å². The van der Waals surface area contributed by atoms with E-state index in [1.165, 1.54) is 0 Å². The monoisotopic (exact) mass is 391 g/mol. The van der Waals surface area contributed by atoms with Gasteiger partial charge in [-0.2, -0.15) is 9.77 Å². The average Bonchev–Trinajstić information content (AvgIpc) is 3.06. The quantitative estimate of drug-likeness (QED) is 0.677. The first-order chi connectivity index (χ1) is 12.6. The summed E-state index contributed by atoms with van der Waals surface area (Å²) in [5.41, 5.74) is 1.36. The largest absolute Gasteiger partial charge is 0.348 e. The highest BCUT2D eigenvalue weighted by Crippen LogP contribution is 2.28. The molecule has 144 valence electrons. The van der Waals surface area contributed by atoms with Crippen molar-refractivity contribution < 1.29 is 8.42 Å². The van der Waals surface area contributed by atoms with E-state index >= 15 is 0 Å². The molecule has 0 bridgehead atoms. The number of hydrogen-bond acceptors (Lipinski definition) is 5. The van der Waals surface area contributed by atoms with Gasteiger partial charge >= 0.3 is 5.69 Å². The van der Waals surface area contributed by atoms with E-state index in [1.54, 1.807) is 18.3 Å². The highest BCUT2D eigenvalue weighted by molar-refractivity contribution is 7.91. The third-order valence-electron chi connectivity index (χ3n) is 4.19. The van der Waals surface area contributed by atoms with Crippen LogP contribution in [0.15, 0.2) is 34.0 Å². The summed E-state index contributed by atoms with van der Waals surface area (Å²) in [5, 5.41) is 4.54. The highest BCUT2D eigenvalue weighted by atomic mass is 32.2. The number of benzene rings is 1. The van der Waals surface area contributed by atoms with Crippen LogP contribution in [0.2, 0.25) is 0 Å². The molecule has 0 atom stereocenters. The first kappa shape index (κ1) is 18.9. The lowest BCUT2D eigenvalue weighted by Crippen LogP contribution is -2.43. The van der Waals surface area contributed by atoms with Gasteiger partial charge in [-0.1, -0.05) is 6.92 Å². The molecule has 0 aliphatic carbocycles. The summed E-state index contributed by atoms with van der Waals surface area (Å²) in [6.45, 7) is 5.98. The summed E-state index contributed by atoms with van der Waals surface area (Å²) in [6, 6.07) is 5.40. The minimum atomic E-state index is -3.80. The Labute approximate surface area is 155 Å². The van der Waals surface area contributed by atoms with Gasteiger partial charge in [0.15, 0.2) is 0 Å². The molecule has 27 heavy (non-hydrogen) atoms. The van der Waals surface area contributed by atoms with Crippen LogP contribution in [-0.2, 0) is 16.4 Å². The second-order valence-electron chi connectivity index (χ2n) is 6.60. The van der Waals surface area contributed by atoms with Crippen LogP contribution in [0.3, 0.4) is 0 Å². The molecule has 2 N–H and O–H groups in total. The summed E-state index contributed by atoms with van der Waals surface area (Å²) >= 11 is 0. The lowest BCUT2D eigenvalue weighted by atomic mass is 9.99. The van der Waals surface area contributed by atoms with Crippen molar-refractivity contribution in [2.75, 3.05) is 11.1 Å². The van der Waals surface area contributed by atoms with Gasteiger partial charge in [-0.3, -0.25) is 9.48 Å². The molecule has 1 aromatic carbocycles. The molecule has 0 saturated carbocycles. The molecule has 0 amide bonds. The number of hydrogen-bond donors (Lipinski definition) is 2. The molecule has 2 aromatic heterocycles. The second kappa shape index (κ2) is 6.69. The predicted octanol–water partition coefficient (Wildman–Crippen LogP) is 1.20. The van der Waals surface area contributed by atoms with Crippen LogP contribution in [0.25, 0.3) is 22.2 Å². The maximum absolute atomic E-state index is 12.8. The van der Waals surface area contributed by atoms with Gasteiger partial charge in [0, 0.05) is 17.8 Å². The average molecular weight is 391 g/mol. The molecule has 3 aromatic rings. The fraction of sp³-hybridized carbons (Fsp3) is 0.353. The molecule has 0 spiro atoms. The lowest BCUT2D eigenvalue weighted by molar-refractivity contribution is 0.538. The molecular weight excluding hydrogens is 370 g/mol. The summed E-state index contributed by atoms with van der Waals surface area (Å²) < 4.78 is 25.3. The van der Waals surface area contributed by atoms with Crippen molar-refractivity contribution in [1.29, 1.82) is 0 Å². The number of nitrogens with zero attached hydrogens (tertiary/aromatic N) is 3. The minimum absolute atomic E-state index is 0.120. The lowest BCUT2D eigenvalue weighted by Gasteiger charge is -2.15. The zero-order valence-electron chi connectivity index (χ0n) is 15.5. The molecule has 0 aliphatic heterocycles. The van der Waals surface area contributed by atoms with Crippen molar-refractivity contribution >= 4 is 20.9 Å². The number of sulfonamides is 1. The second-order valence-corrected chi connectivity index (χ2v) is 8.32. The van der Waals surface area contributed by atoms with E-state index in [0.717, 1.165) is 23.1 Å². The number of nitrogens with one attached hydrogen (secondary N) is 2. The van der Waals surface area contributed by atoms with Crippen LogP contribution in [0.5, 0.6) is 0 Å². The van der Waals surface area contributed by atoms with Gasteiger partial charge in [-0.05, 0) is 44.0 Å².